The molecule has 1 saturated heterocycles. The van der Waals surface area contributed by atoms with Crippen molar-refractivity contribution in [3.05, 3.63) is 48.0 Å². The lowest BCUT2D eigenvalue weighted by atomic mass is 10.2. The predicted molar refractivity (Wildman–Crippen MR) is 124 cm³/mol. The van der Waals surface area contributed by atoms with E-state index in [1.807, 2.05) is 39.0 Å². The highest BCUT2D eigenvalue weighted by Gasteiger charge is 2.32. The molecule has 3 aromatic rings. The molecule has 1 N–H and O–H groups in total. The number of ether oxygens (including phenoxy) is 2. The number of hydrogen-bond acceptors (Lipinski definition) is 7. The van der Waals surface area contributed by atoms with Crippen molar-refractivity contribution >= 4 is 42.6 Å². The smallest absolute Gasteiger partial charge is 0.257 e. The first-order valence-corrected chi connectivity index (χ1v) is 12.6. The van der Waals surface area contributed by atoms with Gasteiger partial charge >= 0.3 is 0 Å². The molecule has 4 rings (SSSR count). The van der Waals surface area contributed by atoms with Gasteiger partial charge in [-0.3, -0.25) is 10.1 Å². The van der Waals surface area contributed by atoms with Gasteiger partial charge in [0.25, 0.3) is 5.91 Å². The third kappa shape index (κ3) is 4.78. The number of carbonyl (C=O) groups excluding carboxylic acids is 1. The molecule has 1 fully saturated rings. The van der Waals surface area contributed by atoms with Crippen LogP contribution in [0.15, 0.2) is 47.4 Å². The molecule has 1 aliphatic heterocycles. The van der Waals surface area contributed by atoms with E-state index in [1.54, 1.807) is 0 Å². The standard InChI is InChI=1S/C22H25N3O5S2/c1-4-29-17-7-10-19-20(11-17)31-22(23-19)24-21(26)16-5-8-18(9-6-16)32(27,28)25-12-14(2)30-15(3)13-25/h5-11,14-15H,4,12-13H2,1-3H3,(H,23,24,26). The zero-order valence-electron chi connectivity index (χ0n) is 18.1. The Balaban J connectivity index is 1.48. The first kappa shape index (κ1) is 22.7. The summed E-state index contributed by atoms with van der Waals surface area (Å²) in [4.78, 5) is 17.2. The van der Waals surface area contributed by atoms with Crippen LogP contribution in [0.25, 0.3) is 10.2 Å². The van der Waals surface area contributed by atoms with Crippen LogP contribution in [0.4, 0.5) is 5.13 Å². The van der Waals surface area contributed by atoms with E-state index in [0.717, 1.165) is 16.0 Å². The van der Waals surface area contributed by atoms with Gasteiger partial charge in [0.1, 0.15) is 5.75 Å². The number of carbonyl (C=O) groups is 1. The van der Waals surface area contributed by atoms with Gasteiger partial charge in [0.15, 0.2) is 5.13 Å². The van der Waals surface area contributed by atoms with Crippen LogP contribution < -0.4 is 10.1 Å². The van der Waals surface area contributed by atoms with Crippen LogP contribution in [0.3, 0.4) is 0 Å². The summed E-state index contributed by atoms with van der Waals surface area (Å²) in [6.45, 7) is 6.80. The molecular formula is C22H25N3O5S2. The molecule has 8 nitrogen and oxygen atoms in total. The Bertz CT molecular complexity index is 1210. The molecule has 10 heteroatoms. The van der Waals surface area contributed by atoms with Crippen molar-refractivity contribution in [3.63, 3.8) is 0 Å². The maximum absolute atomic E-state index is 13.0. The number of morpholine rings is 1. The summed E-state index contributed by atoms with van der Waals surface area (Å²) in [6, 6.07) is 11.5. The Morgan fingerprint density at radius 3 is 2.53 bits per heavy atom. The van der Waals surface area contributed by atoms with Crippen LogP contribution in [-0.2, 0) is 14.8 Å². The van der Waals surface area contributed by atoms with E-state index in [4.69, 9.17) is 9.47 Å². The Hall–Kier alpha value is -2.53. The van der Waals surface area contributed by atoms with Crippen molar-refractivity contribution in [1.29, 1.82) is 0 Å². The number of anilines is 1. The van der Waals surface area contributed by atoms with Gasteiger partial charge in [-0.25, -0.2) is 13.4 Å². The molecular weight excluding hydrogens is 450 g/mol. The Morgan fingerprint density at radius 2 is 1.88 bits per heavy atom. The average Bonchev–Trinajstić information content (AvgIpc) is 3.15. The predicted octanol–water partition coefficient (Wildman–Crippen LogP) is 3.75. The molecule has 1 amide bonds. The number of rotatable bonds is 6. The van der Waals surface area contributed by atoms with Crippen molar-refractivity contribution in [3.8, 4) is 5.75 Å². The Labute approximate surface area is 191 Å². The minimum absolute atomic E-state index is 0.152. The molecule has 32 heavy (non-hydrogen) atoms. The van der Waals surface area contributed by atoms with Crippen LogP contribution in [0, 0.1) is 0 Å². The largest absolute Gasteiger partial charge is 0.494 e. The number of aromatic nitrogens is 1. The monoisotopic (exact) mass is 475 g/mol. The van der Waals surface area contributed by atoms with Crippen molar-refractivity contribution in [1.82, 2.24) is 9.29 Å². The van der Waals surface area contributed by atoms with Crippen LogP contribution in [0.1, 0.15) is 31.1 Å². The van der Waals surface area contributed by atoms with Gasteiger partial charge in [0.05, 0.1) is 33.9 Å². The quantitative estimate of drug-likeness (QED) is 0.583. The lowest BCUT2D eigenvalue weighted by molar-refractivity contribution is -0.0440. The molecule has 0 radical (unpaired) electrons. The van der Waals surface area contributed by atoms with Gasteiger partial charge in [0, 0.05) is 18.7 Å². The van der Waals surface area contributed by atoms with Gasteiger partial charge in [-0.05, 0) is 63.2 Å². The number of fused-ring (bicyclic) bond motifs is 1. The molecule has 0 bridgehead atoms. The van der Waals surface area contributed by atoms with E-state index in [1.165, 1.54) is 39.9 Å². The number of sulfonamides is 1. The van der Waals surface area contributed by atoms with E-state index >= 15 is 0 Å². The number of benzene rings is 2. The molecule has 2 atom stereocenters. The molecule has 0 saturated carbocycles. The molecule has 2 unspecified atom stereocenters. The van der Waals surface area contributed by atoms with Crippen molar-refractivity contribution < 1.29 is 22.7 Å². The fourth-order valence-corrected chi connectivity index (χ4v) is 6.12. The maximum Gasteiger partial charge on any atom is 0.257 e. The zero-order valence-corrected chi connectivity index (χ0v) is 19.7. The van der Waals surface area contributed by atoms with E-state index in [2.05, 4.69) is 10.3 Å². The molecule has 1 aromatic heterocycles. The lowest BCUT2D eigenvalue weighted by Crippen LogP contribution is -2.48. The minimum Gasteiger partial charge on any atom is -0.494 e. The van der Waals surface area contributed by atoms with Crippen molar-refractivity contribution in [2.24, 2.45) is 0 Å². The van der Waals surface area contributed by atoms with E-state index < -0.39 is 10.0 Å². The Kier molecular flexibility index (Phi) is 6.47. The maximum atomic E-state index is 13.0. The molecule has 2 aromatic carbocycles. The van der Waals surface area contributed by atoms with E-state index in [0.29, 0.717) is 30.4 Å². The summed E-state index contributed by atoms with van der Waals surface area (Å²) in [7, 11) is -3.66. The number of amides is 1. The fourth-order valence-electron chi connectivity index (χ4n) is 3.64. The minimum atomic E-state index is -3.66. The van der Waals surface area contributed by atoms with Crippen LogP contribution in [0.2, 0.25) is 0 Å². The van der Waals surface area contributed by atoms with Crippen LogP contribution >= 0.6 is 11.3 Å². The van der Waals surface area contributed by atoms with Gasteiger partial charge < -0.3 is 9.47 Å². The normalized spacial score (nSPS) is 19.7. The molecule has 0 aliphatic carbocycles. The molecule has 2 heterocycles. The van der Waals surface area contributed by atoms with Gasteiger partial charge in [-0.15, -0.1) is 0 Å². The van der Waals surface area contributed by atoms with Gasteiger partial charge in [0.2, 0.25) is 10.0 Å². The third-order valence-corrected chi connectivity index (χ3v) is 7.81. The van der Waals surface area contributed by atoms with E-state index in [9.17, 15) is 13.2 Å². The van der Waals surface area contributed by atoms with Gasteiger partial charge in [-0.2, -0.15) is 4.31 Å². The summed E-state index contributed by atoms with van der Waals surface area (Å²) in [5.74, 6) is 0.397. The second-order valence-corrected chi connectivity index (χ2v) is 10.6. The highest BCUT2D eigenvalue weighted by Crippen LogP contribution is 2.29. The second-order valence-electron chi connectivity index (χ2n) is 7.64. The average molecular weight is 476 g/mol. The van der Waals surface area contributed by atoms with Crippen LogP contribution in [0.5, 0.6) is 5.75 Å². The number of thiazole rings is 1. The topological polar surface area (TPSA) is 97.8 Å². The molecule has 1 aliphatic rings. The van der Waals surface area contributed by atoms with Gasteiger partial charge in [-0.1, -0.05) is 11.3 Å². The number of nitrogens with zero attached hydrogens (tertiary/aromatic N) is 2. The summed E-state index contributed by atoms with van der Waals surface area (Å²) in [5.41, 5.74) is 1.12. The zero-order chi connectivity index (χ0) is 22.9. The SMILES string of the molecule is CCOc1ccc2nc(NC(=O)c3ccc(S(=O)(=O)N4CC(C)OC(C)C4)cc3)sc2c1. The lowest BCUT2D eigenvalue weighted by Gasteiger charge is -2.34. The van der Waals surface area contributed by atoms with Crippen molar-refractivity contribution in [2.45, 2.75) is 37.9 Å². The highest BCUT2D eigenvalue weighted by molar-refractivity contribution is 7.89. The number of nitrogens with one attached hydrogen (secondary N) is 1. The Morgan fingerprint density at radius 1 is 1.19 bits per heavy atom. The molecule has 0 spiro atoms. The summed E-state index contributed by atoms with van der Waals surface area (Å²) in [5, 5.41) is 3.25. The fraction of sp³-hybridized carbons (Fsp3) is 0.364. The second kappa shape index (κ2) is 9.14. The highest BCUT2D eigenvalue weighted by atomic mass is 32.2. The first-order valence-electron chi connectivity index (χ1n) is 10.4. The third-order valence-electron chi connectivity index (χ3n) is 5.03. The summed E-state index contributed by atoms with van der Waals surface area (Å²) >= 11 is 1.35. The number of hydrogen-bond donors (Lipinski definition) is 1. The van der Waals surface area contributed by atoms with Crippen molar-refractivity contribution in [2.75, 3.05) is 25.0 Å². The molecule has 170 valence electrons. The summed E-state index contributed by atoms with van der Waals surface area (Å²) in [6.07, 6.45) is -0.339. The van der Waals surface area contributed by atoms with E-state index in [-0.39, 0.29) is 23.0 Å². The first-order chi connectivity index (χ1) is 15.3. The van der Waals surface area contributed by atoms with Crippen LogP contribution in [-0.4, -0.2) is 55.5 Å². The summed E-state index contributed by atoms with van der Waals surface area (Å²) < 4.78 is 39.4.